The van der Waals surface area contributed by atoms with Gasteiger partial charge in [-0.3, -0.25) is 4.79 Å². The van der Waals surface area contributed by atoms with Crippen molar-refractivity contribution in [1.29, 1.82) is 0 Å². The molecular weight excluding hydrogens is 254 g/mol. The van der Waals surface area contributed by atoms with Gasteiger partial charge in [0.2, 0.25) is 0 Å². The van der Waals surface area contributed by atoms with E-state index in [1.54, 1.807) is 0 Å². The molecule has 6 heteroatoms. The van der Waals surface area contributed by atoms with Crippen LogP contribution >= 0.6 is 11.6 Å². The van der Waals surface area contributed by atoms with Gasteiger partial charge in [0.15, 0.2) is 0 Å². The topological polar surface area (TPSA) is 88.2 Å². The number of anilines is 1. The third-order valence-corrected chi connectivity index (χ3v) is 3.93. The second kappa shape index (κ2) is 4.40. The number of hydrogen-bond donors (Lipinski definition) is 3. The van der Waals surface area contributed by atoms with Gasteiger partial charge >= 0.3 is 0 Å². The van der Waals surface area contributed by atoms with E-state index in [0.717, 1.165) is 0 Å². The zero-order valence-corrected chi connectivity index (χ0v) is 11.0. The molecule has 0 aliphatic heterocycles. The average Bonchev–Trinajstić information content (AvgIpc) is 2.31. The Labute approximate surface area is 110 Å². The van der Waals surface area contributed by atoms with E-state index in [9.17, 15) is 9.90 Å². The van der Waals surface area contributed by atoms with Gasteiger partial charge in [0.25, 0.3) is 5.91 Å². The van der Waals surface area contributed by atoms with E-state index in [1.165, 1.54) is 12.3 Å². The summed E-state index contributed by atoms with van der Waals surface area (Å²) >= 11 is 5.86. The summed E-state index contributed by atoms with van der Waals surface area (Å²) in [5.41, 5.74) is 5.90. The van der Waals surface area contributed by atoms with Crippen molar-refractivity contribution in [2.24, 2.45) is 5.41 Å². The number of nitrogens with two attached hydrogens (primary N) is 1. The predicted molar refractivity (Wildman–Crippen MR) is 69.3 cm³/mol. The summed E-state index contributed by atoms with van der Waals surface area (Å²) < 4.78 is 0. The molecule has 0 bridgehead atoms. The largest absolute Gasteiger partial charge is 0.397 e. The molecule has 0 aromatic carbocycles. The van der Waals surface area contributed by atoms with Gasteiger partial charge in [0.05, 0.1) is 23.6 Å². The van der Waals surface area contributed by atoms with Gasteiger partial charge in [0, 0.05) is 11.5 Å². The molecule has 1 fully saturated rings. The molecule has 2 rings (SSSR count). The van der Waals surface area contributed by atoms with E-state index in [-0.39, 0.29) is 28.1 Å². The maximum atomic E-state index is 12.0. The van der Waals surface area contributed by atoms with Crippen LogP contribution in [-0.2, 0) is 0 Å². The first kappa shape index (κ1) is 13.1. The van der Waals surface area contributed by atoms with Crippen LogP contribution in [0, 0.1) is 5.41 Å². The second-order valence-corrected chi connectivity index (χ2v) is 5.56. The summed E-state index contributed by atoms with van der Waals surface area (Å²) in [6.45, 7) is 3.82. The van der Waals surface area contributed by atoms with Crippen molar-refractivity contribution in [1.82, 2.24) is 10.3 Å². The molecule has 1 heterocycles. The molecule has 1 aliphatic rings. The number of pyridine rings is 1. The van der Waals surface area contributed by atoms with Crippen LogP contribution in [0.3, 0.4) is 0 Å². The smallest absolute Gasteiger partial charge is 0.254 e. The number of carbonyl (C=O) groups is 1. The first-order valence-corrected chi connectivity index (χ1v) is 6.10. The maximum Gasteiger partial charge on any atom is 0.254 e. The van der Waals surface area contributed by atoms with Crippen molar-refractivity contribution in [3.05, 3.63) is 23.0 Å². The molecule has 1 saturated carbocycles. The number of hydrogen-bond acceptors (Lipinski definition) is 4. The van der Waals surface area contributed by atoms with Crippen LogP contribution in [0.1, 0.15) is 30.6 Å². The summed E-state index contributed by atoms with van der Waals surface area (Å²) in [7, 11) is 0. The first-order valence-electron chi connectivity index (χ1n) is 5.72. The third-order valence-electron chi connectivity index (χ3n) is 3.63. The van der Waals surface area contributed by atoms with Gasteiger partial charge < -0.3 is 16.2 Å². The fraction of sp³-hybridized carbons (Fsp3) is 0.500. The van der Waals surface area contributed by atoms with Crippen LogP contribution < -0.4 is 11.1 Å². The lowest BCUT2D eigenvalue weighted by molar-refractivity contribution is -0.0689. The van der Waals surface area contributed by atoms with Crippen molar-refractivity contribution in [2.45, 2.75) is 32.4 Å². The summed E-state index contributed by atoms with van der Waals surface area (Å²) in [6, 6.07) is 1.42. The molecule has 5 nitrogen and oxygen atoms in total. The normalized spacial score (nSPS) is 25.3. The summed E-state index contributed by atoms with van der Waals surface area (Å²) in [5, 5.41) is 12.6. The Bertz CT molecular complexity index is 490. The highest BCUT2D eigenvalue weighted by atomic mass is 35.5. The minimum Gasteiger partial charge on any atom is -0.397 e. The third kappa shape index (κ3) is 2.15. The zero-order chi connectivity index (χ0) is 13.5. The van der Waals surface area contributed by atoms with E-state index in [1.807, 2.05) is 13.8 Å². The maximum absolute atomic E-state index is 12.0. The van der Waals surface area contributed by atoms with Gasteiger partial charge in [-0.05, 0) is 12.5 Å². The number of aromatic nitrogens is 1. The molecule has 2 atom stereocenters. The van der Waals surface area contributed by atoms with Crippen LogP contribution in [0.2, 0.25) is 5.15 Å². The minimum atomic E-state index is -0.391. The van der Waals surface area contributed by atoms with Crippen molar-refractivity contribution in [3.8, 4) is 0 Å². The van der Waals surface area contributed by atoms with Crippen molar-refractivity contribution < 1.29 is 9.90 Å². The minimum absolute atomic E-state index is 0.0718. The standard InChI is InChI=1S/C12H16ClN3O2/c1-12(2)8(4-9(12)17)16-11(18)7-3-6(14)5-15-10(7)13/h3,5,8-9,17H,4,14H2,1-2H3,(H,16,18). The molecule has 1 aromatic heterocycles. The van der Waals surface area contributed by atoms with Gasteiger partial charge in [-0.2, -0.15) is 0 Å². The Morgan fingerprint density at radius 2 is 2.33 bits per heavy atom. The molecule has 18 heavy (non-hydrogen) atoms. The van der Waals surface area contributed by atoms with Crippen LogP contribution in [0.4, 0.5) is 5.69 Å². The fourth-order valence-corrected chi connectivity index (χ4v) is 2.20. The number of nitrogen functional groups attached to an aromatic ring is 1. The van der Waals surface area contributed by atoms with Crippen molar-refractivity contribution in [2.75, 3.05) is 5.73 Å². The van der Waals surface area contributed by atoms with Gasteiger partial charge in [-0.1, -0.05) is 25.4 Å². The number of nitrogens with zero attached hydrogens (tertiary/aromatic N) is 1. The average molecular weight is 270 g/mol. The molecule has 1 amide bonds. The Morgan fingerprint density at radius 1 is 1.67 bits per heavy atom. The SMILES string of the molecule is CC1(C)C(O)CC1NC(=O)c1cc(N)cnc1Cl. The molecule has 0 spiro atoms. The predicted octanol–water partition coefficient (Wildman–Crippen LogP) is 1.21. The molecule has 0 radical (unpaired) electrons. The molecule has 2 unspecified atom stereocenters. The fourth-order valence-electron chi connectivity index (χ4n) is 2.01. The number of aliphatic hydroxyl groups excluding tert-OH is 1. The van der Waals surface area contributed by atoms with Crippen LogP contribution in [-0.4, -0.2) is 28.1 Å². The second-order valence-electron chi connectivity index (χ2n) is 5.21. The Kier molecular flexibility index (Phi) is 3.21. The molecule has 1 aliphatic carbocycles. The lowest BCUT2D eigenvalue weighted by Crippen LogP contribution is -2.61. The molecule has 4 N–H and O–H groups in total. The highest BCUT2D eigenvalue weighted by molar-refractivity contribution is 6.32. The monoisotopic (exact) mass is 269 g/mol. The number of aliphatic hydroxyl groups is 1. The van der Waals surface area contributed by atoms with Crippen LogP contribution in [0.5, 0.6) is 0 Å². The van der Waals surface area contributed by atoms with E-state index in [2.05, 4.69) is 10.3 Å². The highest BCUT2D eigenvalue weighted by Crippen LogP contribution is 2.40. The summed E-state index contributed by atoms with van der Waals surface area (Å²) in [6.07, 6.45) is 1.56. The quantitative estimate of drug-likeness (QED) is 0.704. The van der Waals surface area contributed by atoms with Gasteiger partial charge in [-0.15, -0.1) is 0 Å². The van der Waals surface area contributed by atoms with Crippen LogP contribution in [0.15, 0.2) is 12.3 Å². The Hall–Kier alpha value is -1.33. The van der Waals surface area contributed by atoms with E-state index in [0.29, 0.717) is 12.1 Å². The highest BCUT2D eigenvalue weighted by Gasteiger charge is 2.48. The Balaban J connectivity index is 2.12. The number of carbonyl (C=O) groups excluding carboxylic acids is 1. The number of rotatable bonds is 2. The lowest BCUT2D eigenvalue weighted by atomic mass is 9.64. The lowest BCUT2D eigenvalue weighted by Gasteiger charge is -2.49. The molecule has 0 saturated heterocycles. The number of amides is 1. The molecule has 1 aromatic rings. The molecular formula is C12H16ClN3O2. The van der Waals surface area contributed by atoms with E-state index < -0.39 is 6.10 Å². The number of halogens is 1. The van der Waals surface area contributed by atoms with Gasteiger partial charge in [-0.25, -0.2) is 4.98 Å². The summed E-state index contributed by atoms with van der Waals surface area (Å²) in [5.74, 6) is -0.315. The van der Waals surface area contributed by atoms with Crippen molar-refractivity contribution in [3.63, 3.8) is 0 Å². The first-order chi connectivity index (χ1) is 8.32. The van der Waals surface area contributed by atoms with Crippen LogP contribution in [0.25, 0.3) is 0 Å². The molecule has 98 valence electrons. The van der Waals surface area contributed by atoms with E-state index in [4.69, 9.17) is 17.3 Å². The summed E-state index contributed by atoms with van der Waals surface area (Å²) in [4.78, 5) is 15.9. The van der Waals surface area contributed by atoms with Crippen molar-refractivity contribution >= 4 is 23.2 Å². The zero-order valence-electron chi connectivity index (χ0n) is 10.3. The Morgan fingerprint density at radius 3 is 2.89 bits per heavy atom. The van der Waals surface area contributed by atoms with E-state index >= 15 is 0 Å². The van der Waals surface area contributed by atoms with Gasteiger partial charge in [0.1, 0.15) is 5.15 Å². The number of nitrogens with one attached hydrogen (secondary N) is 1.